The maximum absolute atomic E-state index is 12.8. The molecule has 1 N–H and O–H groups in total. The number of carbonyl (C=O) groups is 4. The summed E-state index contributed by atoms with van der Waals surface area (Å²) in [7, 11) is 1.43. The lowest BCUT2D eigenvalue weighted by Crippen LogP contribution is -2.42. The molecule has 0 aliphatic heterocycles. The third-order valence-electron chi connectivity index (χ3n) is 4.86. The molecule has 14 heteroatoms. The molecule has 0 saturated heterocycles. The van der Waals surface area contributed by atoms with Crippen molar-refractivity contribution in [1.82, 2.24) is 0 Å². The number of rotatable bonds is 19. The normalized spacial score (nSPS) is 15.5. The zero-order valence-corrected chi connectivity index (χ0v) is 23.7. The summed E-state index contributed by atoms with van der Waals surface area (Å²) in [6.07, 6.45) is 0. The number of alkyl halides is 1. The van der Waals surface area contributed by atoms with Crippen molar-refractivity contribution in [1.29, 1.82) is 0 Å². The number of aliphatic hydroxyl groups is 1. The Bertz CT molecular complexity index is 756. The smallest absolute Gasteiger partial charge is 0.322 e. The number of ether oxygens (including phenoxy) is 6. The first-order valence-corrected chi connectivity index (χ1v) is 12.4. The highest BCUT2D eigenvalue weighted by atomic mass is 79.9. The van der Waals surface area contributed by atoms with Crippen LogP contribution in [0.4, 0.5) is 0 Å². The Kier molecular flexibility index (Phi) is 16.4. The summed E-state index contributed by atoms with van der Waals surface area (Å²) in [4.78, 5) is 59.8. The van der Waals surface area contributed by atoms with Crippen molar-refractivity contribution < 1.29 is 52.7 Å². The van der Waals surface area contributed by atoms with Crippen LogP contribution >= 0.6 is 15.9 Å². The summed E-state index contributed by atoms with van der Waals surface area (Å²) in [6, 6.07) is -0.934. The van der Waals surface area contributed by atoms with Crippen molar-refractivity contribution in [3.05, 3.63) is 4.91 Å². The van der Waals surface area contributed by atoms with Crippen LogP contribution in [0.2, 0.25) is 0 Å². The molecule has 0 heterocycles. The molecule has 0 saturated carbocycles. The van der Waals surface area contributed by atoms with Crippen LogP contribution in [0.3, 0.4) is 0 Å². The number of esters is 4. The lowest BCUT2D eigenvalue weighted by molar-refractivity contribution is -0.174. The summed E-state index contributed by atoms with van der Waals surface area (Å²) in [5.74, 6) is -4.18. The Labute approximate surface area is 224 Å². The zero-order chi connectivity index (χ0) is 28.6. The second-order valence-electron chi connectivity index (χ2n) is 9.26. The molecule has 0 amide bonds. The van der Waals surface area contributed by atoms with E-state index >= 15 is 0 Å². The van der Waals surface area contributed by atoms with Crippen LogP contribution in [-0.2, 0) is 47.6 Å². The quantitative estimate of drug-likeness (QED) is 0.0744. The van der Waals surface area contributed by atoms with Gasteiger partial charge in [0.25, 0.3) is 0 Å². The van der Waals surface area contributed by atoms with Crippen LogP contribution in [0.1, 0.15) is 34.6 Å². The molecule has 0 fully saturated rings. The third-order valence-corrected chi connectivity index (χ3v) is 5.18. The second-order valence-corrected chi connectivity index (χ2v) is 11.2. The van der Waals surface area contributed by atoms with Gasteiger partial charge in [-0.15, -0.1) is 0 Å². The van der Waals surface area contributed by atoms with Gasteiger partial charge in [-0.25, -0.2) is 0 Å². The highest BCUT2D eigenvalue weighted by Gasteiger charge is 2.39. The van der Waals surface area contributed by atoms with Crippen molar-refractivity contribution in [3.63, 3.8) is 0 Å². The maximum atomic E-state index is 12.8. The fourth-order valence-electron chi connectivity index (χ4n) is 2.37. The van der Waals surface area contributed by atoms with Crippen molar-refractivity contribution in [2.75, 3.05) is 60.0 Å². The number of nitrogens with zero attached hydrogens (tertiary/aromatic N) is 1. The van der Waals surface area contributed by atoms with E-state index in [9.17, 15) is 24.1 Å². The minimum Gasteiger partial charge on any atom is -0.464 e. The number of hydrogen-bond donors (Lipinski definition) is 1. The Balaban J connectivity index is 5.10. The Morgan fingerprint density at radius 3 is 1.84 bits per heavy atom. The highest BCUT2D eigenvalue weighted by molar-refractivity contribution is 9.10. The number of carbonyl (C=O) groups excluding carboxylic acids is 4. The van der Waals surface area contributed by atoms with Gasteiger partial charge in [0.2, 0.25) is 0 Å². The zero-order valence-electron chi connectivity index (χ0n) is 22.2. The van der Waals surface area contributed by atoms with Crippen LogP contribution < -0.4 is 0 Å². The van der Waals surface area contributed by atoms with Crippen molar-refractivity contribution in [2.45, 2.75) is 45.0 Å². The van der Waals surface area contributed by atoms with Crippen LogP contribution in [0.5, 0.6) is 0 Å². The average molecular weight is 600 g/mol. The standard InChI is InChI=1S/C23H38BrNO12/c1-15(10-32-6)18(27)36-13-23(5,21(30)34-8-7-33-12-17(9-26)25-31)14-37-19(28)16(2)11-35-20(29)22(3,4)24/h15-17,26H,7-14H2,1-6H3. The molecule has 13 nitrogen and oxygen atoms in total. The first kappa shape index (κ1) is 34.8. The average Bonchev–Trinajstić information content (AvgIpc) is 2.85. The van der Waals surface area contributed by atoms with E-state index in [1.165, 1.54) is 21.0 Å². The van der Waals surface area contributed by atoms with E-state index in [0.29, 0.717) is 0 Å². The summed E-state index contributed by atoms with van der Waals surface area (Å²) < 4.78 is 29.9. The molecule has 0 aliphatic rings. The summed E-state index contributed by atoms with van der Waals surface area (Å²) in [5, 5.41) is 11.6. The van der Waals surface area contributed by atoms with Gasteiger partial charge in [0.1, 0.15) is 42.2 Å². The molecular weight excluding hydrogens is 562 g/mol. The molecule has 4 atom stereocenters. The van der Waals surface area contributed by atoms with E-state index in [1.807, 2.05) is 0 Å². The van der Waals surface area contributed by atoms with E-state index in [4.69, 9.17) is 33.5 Å². The fourth-order valence-corrected chi connectivity index (χ4v) is 2.48. The first-order chi connectivity index (χ1) is 17.2. The highest BCUT2D eigenvalue weighted by Crippen LogP contribution is 2.22. The molecule has 0 aromatic rings. The Hall–Kier alpha value is -2.16. The minimum absolute atomic E-state index is 0.0926. The molecule has 4 unspecified atom stereocenters. The topological polar surface area (TPSA) is 173 Å². The lowest BCUT2D eigenvalue weighted by atomic mass is 9.93. The molecule has 0 radical (unpaired) electrons. The molecule has 0 aromatic heterocycles. The molecule has 0 bridgehead atoms. The number of hydrogen-bond acceptors (Lipinski definition) is 13. The van der Waals surface area contributed by atoms with E-state index in [2.05, 4.69) is 21.1 Å². The van der Waals surface area contributed by atoms with Crippen LogP contribution in [0.15, 0.2) is 5.18 Å². The Morgan fingerprint density at radius 2 is 1.38 bits per heavy atom. The minimum atomic E-state index is -1.57. The van der Waals surface area contributed by atoms with Crippen molar-refractivity contribution in [2.24, 2.45) is 22.4 Å². The monoisotopic (exact) mass is 599 g/mol. The van der Waals surface area contributed by atoms with Crippen LogP contribution in [-0.4, -0.2) is 99.3 Å². The molecule has 0 spiro atoms. The van der Waals surface area contributed by atoms with Gasteiger partial charge in [0.15, 0.2) is 0 Å². The molecule has 214 valence electrons. The van der Waals surface area contributed by atoms with E-state index in [0.717, 1.165) is 0 Å². The van der Waals surface area contributed by atoms with E-state index in [1.54, 1.807) is 20.8 Å². The van der Waals surface area contributed by atoms with Crippen LogP contribution in [0, 0.1) is 22.2 Å². The first-order valence-electron chi connectivity index (χ1n) is 11.6. The SMILES string of the molecule is COCC(C)C(=O)OCC(C)(COC(=O)C(C)COC(=O)C(C)(C)Br)C(=O)OCCOCC(CO)N=O. The predicted molar refractivity (Wildman–Crippen MR) is 133 cm³/mol. The molecule has 37 heavy (non-hydrogen) atoms. The van der Waals surface area contributed by atoms with Gasteiger partial charge in [-0.3, -0.25) is 19.2 Å². The summed E-state index contributed by atoms with van der Waals surface area (Å²) >= 11 is 3.17. The third kappa shape index (κ3) is 13.8. The largest absolute Gasteiger partial charge is 0.464 e. The Morgan fingerprint density at radius 1 is 0.838 bits per heavy atom. The molecule has 0 aromatic carbocycles. The van der Waals surface area contributed by atoms with Gasteiger partial charge in [0, 0.05) is 7.11 Å². The molecular formula is C23H38BrNO12. The van der Waals surface area contributed by atoms with Gasteiger partial charge in [0.05, 0.1) is 38.3 Å². The number of nitroso groups, excluding NO2 is 1. The maximum Gasteiger partial charge on any atom is 0.322 e. The van der Waals surface area contributed by atoms with E-state index in [-0.39, 0.29) is 33.0 Å². The summed E-state index contributed by atoms with van der Waals surface area (Å²) in [6.45, 7) is 5.66. The van der Waals surface area contributed by atoms with Gasteiger partial charge in [-0.1, -0.05) is 21.1 Å². The van der Waals surface area contributed by atoms with Crippen LogP contribution in [0.25, 0.3) is 0 Å². The molecule has 0 aliphatic carbocycles. The lowest BCUT2D eigenvalue weighted by Gasteiger charge is -2.27. The molecule has 0 rings (SSSR count). The second kappa shape index (κ2) is 17.4. The fraction of sp³-hybridized carbons (Fsp3) is 0.826. The number of aliphatic hydroxyl groups excluding tert-OH is 1. The summed E-state index contributed by atoms with van der Waals surface area (Å²) in [5.41, 5.74) is -1.57. The number of methoxy groups -OCH3 is 1. The predicted octanol–water partition coefficient (Wildman–Crippen LogP) is 1.40. The van der Waals surface area contributed by atoms with Gasteiger partial charge >= 0.3 is 23.9 Å². The van der Waals surface area contributed by atoms with Gasteiger partial charge in [-0.2, -0.15) is 4.91 Å². The van der Waals surface area contributed by atoms with Crippen molar-refractivity contribution in [3.8, 4) is 0 Å². The van der Waals surface area contributed by atoms with Crippen molar-refractivity contribution >= 4 is 39.8 Å². The van der Waals surface area contributed by atoms with Gasteiger partial charge < -0.3 is 33.5 Å². The van der Waals surface area contributed by atoms with Gasteiger partial charge in [-0.05, 0) is 34.6 Å². The van der Waals surface area contributed by atoms with E-state index < -0.39 is 71.3 Å². The number of halogens is 1.